The zero-order valence-corrected chi connectivity index (χ0v) is 9.03. The highest BCUT2D eigenvalue weighted by molar-refractivity contribution is 5.69. The van der Waals surface area contributed by atoms with Crippen molar-refractivity contribution in [2.75, 3.05) is 0 Å². The van der Waals surface area contributed by atoms with E-state index in [9.17, 15) is 9.59 Å². The van der Waals surface area contributed by atoms with Gasteiger partial charge in [-0.05, 0) is 24.2 Å². The highest BCUT2D eigenvalue weighted by Crippen LogP contribution is 2.45. The highest BCUT2D eigenvalue weighted by atomic mass is 16.4. The van der Waals surface area contributed by atoms with Crippen LogP contribution in [0, 0.1) is 11.3 Å². The van der Waals surface area contributed by atoms with Crippen LogP contribution in [0.2, 0.25) is 0 Å². The molecule has 1 fully saturated rings. The van der Waals surface area contributed by atoms with Gasteiger partial charge in [-0.1, -0.05) is 19.8 Å². The molecule has 0 amide bonds. The number of carbonyl (C=O) groups is 2. The van der Waals surface area contributed by atoms with E-state index in [-0.39, 0.29) is 24.2 Å². The smallest absolute Gasteiger partial charge is 0.303 e. The number of carboxylic acid groups (broad SMARTS) is 2. The average Bonchev–Trinajstić information content (AvgIpc) is 2.07. The van der Waals surface area contributed by atoms with E-state index >= 15 is 0 Å². The lowest BCUT2D eigenvalue weighted by Crippen LogP contribution is -2.34. The van der Waals surface area contributed by atoms with Crippen LogP contribution in [0.15, 0.2) is 0 Å². The molecule has 0 radical (unpaired) electrons. The van der Waals surface area contributed by atoms with Gasteiger partial charge in [-0.3, -0.25) is 9.59 Å². The summed E-state index contributed by atoms with van der Waals surface area (Å²) in [6.07, 6.45) is 3.90. The van der Waals surface area contributed by atoms with E-state index in [2.05, 4.69) is 0 Å². The quantitative estimate of drug-likeness (QED) is 0.751. The molecule has 2 N–H and O–H groups in total. The second-order valence-corrected chi connectivity index (χ2v) is 4.77. The molecular formula is C11H18O4. The van der Waals surface area contributed by atoms with E-state index in [1.165, 1.54) is 0 Å². The minimum atomic E-state index is -0.824. The summed E-state index contributed by atoms with van der Waals surface area (Å²) >= 11 is 0. The lowest BCUT2D eigenvalue weighted by atomic mass is 9.64. The molecule has 1 aliphatic carbocycles. The van der Waals surface area contributed by atoms with Gasteiger partial charge in [-0.25, -0.2) is 0 Å². The molecule has 4 heteroatoms. The number of hydrogen-bond donors (Lipinski definition) is 2. The van der Waals surface area contributed by atoms with E-state index < -0.39 is 11.9 Å². The molecule has 4 nitrogen and oxygen atoms in total. The number of carboxylic acids is 2. The largest absolute Gasteiger partial charge is 0.481 e. The molecule has 86 valence electrons. The maximum absolute atomic E-state index is 10.8. The van der Waals surface area contributed by atoms with Crippen molar-refractivity contribution in [3.05, 3.63) is 0 Å². The van der Waals surface area contributed by atoms with E-state index in [0.29, 0.717) is 0 Å². The fourth-order valence-corrected chi connectivity index (χ4v) is 2.61. The van der Waals surface area contributed by atoms with Crippen molar-refractivity contribution >= 4 is 11.9 Å². The van der Waals surface area contributed by atoms with Crippen molar-refractivity contribution < 1.29 is 19.8 Å². The zero-order chi connectivity index (χ0) is 11.5. The van der Waals surface area contributed by atoms with Crippen molar-refractivity contribution in [2.45, 2.75) is 45.4 Å². The second-order valence-electron chi connectivity index (χ2n) is 4.77. The van der Waals surface area contributed by atoms with Gasteiger partial charge in [0.15, 0.2) is 0 Å². The zero-order valence-electron chi connectivity index (χ0n) is 9.03. The predicted octanol–water partition coefficient (Wildman–Crippen LogP) is 2.13. The molecule has 0 aromatic heterocycles. The van der Waals surface area contributed by atoms with Crippen molar-refractivity contribution in [3.8, 4) is 0 Å². The van der Waals surface area contributed by atoms with Gasteiger partial charge in [0, 0.05) is 6.42 Å². The SMILES string of the molecule is CC1(CC(=O)O)CCCCC1CC(=O)O. The Balaban J connectivity index is 2.71. The molecule has 0 heterocycles. The summed E-state index contributed by atoms with van der Waals surface area (Å²) < 4.78 is 0. The third-order valence-corrected chi connectivity index (χ3v) is 3.51. The first-order valence-corrected chi connectivity index (χ1v) is 5.37. The molecule has 2 unspecified atom stereocenters. The summed E-state index contributed by atoms with van der Waals surface area (Å²) in [7, 11) is 0. The van der Waals surface area contributed by atoms with Crippen LogP contribution in [0.5, 0.6) is 0 Å². The first kappa shape index (κ1) is 12.0. The second kappa shape index (κ2) is 4.64. The lowest BCUT2D eigenvalue weighted by Gasteiger charge is -2.40. The Morgan fingerprint density at radius 1 is 1.27 bits per heavy atom. The normalized spacial score (nSPS) is 31.1. The molecule has 15 heavy (non-hydrogen) atoms. The molecule has 0 bridgehead atoms. The van der Waals surface area contributed by atoms with Crippen LogP contribution < -0.4 is 0 Å². The van der Waals surface area contributed by atoms with Crippen molar-refractivity contribution in [2.24, 2.45) is 11.3 Å². The van der Waals surface area contributed by atoms with Crippen LogP contribution >= 0.6 is 0 Å². The molecule has 1 saturated carbocycles. The Kier molecular flexibility index (Phi) is 3.72. The fourth-order valence-electron chi connectivity index (χ4n) is 2.61. The molecule has 0 aliphatic heterocycles. The summed E-state index contributed by atoms with van der Waals surface area (Å²) in [6, 6.07) is 0. The molecule has 1 rings (SSSR count). The van der Waals surface area contributed by atoms with Crippen molar-refractivity contribution in [3.63, 3.8) is 0 Å². The van der Waals surface area contributed by atoms with Crippen molar-refractivity contribution in [1.29, 1.82) is 0 Å². The van der Waals surface area contributed by atoms with Crippen LogP contribution in [0.4, 0.5) is 0 Å². The molecular weight excluding hydrogens is 196 g/mol. The number of hydrogen-bond acceptors (Lipinski definition) is 2. The van der Waals surface area contributed by atoms with Gasteiger partial charge in [0.1, 0.15) is 0 Å². The molecule has 0 saturated heterocycles. The van der Waals surface area contributed by atoms with Crippen LogP contribution in [0.1, 0.15) is 45.4 Å². The van der Waals surface area contributed by atoms with Gasteiger partial charge in [0.25, 0.3) is 0 Å². The molecule has 0 aromatic carbocycles. The minimum Gasteiger partial charge on any atom is -0.481 e. The monoisotopic (exact) mass is 214 g/mol. The van der Waals surface area contributed by atoms with Gasteiger partial charge >= 0.3 is 11.9 Å². The topological polar surface area (TPSA) is 74.6 Å². The van der Waals surface area contributed by atoms with Crippen LogP contribution in [-0.2, 0) is 9.59 Å². The molecule has 1 aliphatic rings. The summed E-state index contributed by atoms with van der Waals surface area (Å²) in [4.78, 5) is 21.5. The Hall–Kier alpha value is -1.06. The van der Waals surface area contributed by atoms with Gasteiger partial charge in [0.2, 0.25) is 0 Å². The summed E-state index contributed by atoms with van der Waals surface area (Å²) in [6.45, 7) is 1.91. The summed E-state index contributed by atoms with van der Waals surface area (Å²) in [5.74, 6) is -1.63. The van der Waals surface area contributed by atoms with Gasteiger partial charge in [0.05, 0.1) is 6.42 Å². The van der Waals surface area contributed by atoms with Crippen molar-refractivity contribution in [1.82, 2.24) is 0 Å². The first-order chi connectivity index (χ1) is 6.94. The Labute approximate surface area is 89.3 Å². The summed E-state index contributed by atoms with van der Waals surface area (Å²) in [5.41, 5.74) is -0.331. The van der Waals surface area contributed by atoms with Crippen LogP contribution in [0.3, 0.4) is 0 Å². The van der Waals surface area contributed by atoms with E-state index in [4.69, 9.17) is 10.2 Å². The maximum atomic E-state index is 10.8. The standard InChI is InChI=1S/C11H18O4/c1-11(7-10(14)15)5-3-2-4-8(11)6-9(12)13/h8H,2-7H2,1H3,(H,12,13)(H,14,15). The third-order valence-electron chi connectivity index (χ3n) is 3.51. The molecule has 0 aromatic rings. The highest BCUT2D eigenvalue weighted by Gasteiger charge is 2.39. The van der Waals surface area contributed by atoms with Gasteiger partial charge in [-0.15, -0.1) is 0 Å². The summed E-state index contributed by atoms with van der Waals surface area (Å²) in [5, 5.41) is 17.6. The Morgan fingerprint density at radius 2 is 1.93 bits per heavy atom. The predicted molar refractivity (Wildman–Crippen MR) is 54.6 cm³/mol. The molecule has 2 atom stereocenters. The maximum Gasteiger partial charge on any atom is 0.303 e. The fraction of sp³-hybridized carbons (Fsp3) is 0.818. The lowest BCUT2D eigenvalue weighted by molar-refractivity contribution is -0.145. The van der Waals surface area contributed by atoms with Gasteiger partial charge < -0.3 is 10.2 Å². The number of rotatable bonds is 4. The minimum absolute atomic E-state index is 0.0137. The Bertz CT molecular complexity index is 261. The van der Waals surface area contributed by atoms with E-state index in [1.54, 1.807) is 0 Å². The average molecular weight is 214 g/mol. The van der Waals surface area contributed by atoms with E-state index in [1.807, 2.05) is 6.92 Å². The van der Waals surface area contributed by atoms with Crippen LogP contribution in [-0.4, -0.2) is 22.2 Å². The number of aliphatic carboxylic acids is 2. The first-order valence-electron chi connectivity index (χ1n) is 5.37. The van der Waals surface area contributed by atoms with E-state index in [0.717, 1.165) is 25.7 Å². The van der Waals surface area contributed by atoms with Crippen LogP contribution in [0.25, 0.3) is 0 Å². The Morgan fingerprint density at radius 3 is 2.47 bits per heavy atom. The third kappa shape index (κ3) is 3.22. The van der Waals surface area contributed by atoms with Gasteiger partial charge in [-0.2, -0.15) is 0 Å². The molecule has 0 spiro atoms.